The minimum Gasteiger partial charge on any atom is -0.491 e. The highest BCUT2D eigenvalue weighted by atomic mass is 19.1. The third kappa shape index (κ3) is 5.90. The predicted molar refractivity (Wildman–Crippen MR) is 116 cm³/mol. The molecular weight excluding hydrogens is 379 g/mol. The van der Waals surface area contributed by atoms with Gasteiger partial charge < -0.3 is 10.1 Å². The van der Waals surface area contributed by atoms with E-state index < -0.39 is 0 Å². The molecule has 4 nitrogen and oxygen atoms in total. The Labute approximate surface area is 178 Å². The molecule has 1 aliphatic heterocycles. The van der Waals surface area contributed by atoms with Crippen molar-refractivity contribution in [1.82, 2.24) is 5.32 Å². The molecule has 158 valence electrons. The highest BCUT2D eigenvalue weighted by Crippen LogP contribution is 2.27. The fourth-order valence-electron chi connectivity index (χ4n) is 3.80. The number of hydrogen-bond acceptors (Lipinski definition) is 4. The molecule has 0 spiro atoms. The van der Waals surface area contributed by atoms with Crippen LogP contribution in [0.3, 0.4) is 0 Å². The molecule has 2 aromatic rings. The Morgan fingerprint density at radius 2 is 2.00 bits per heavy atom. The van der Waals surface area contributed by atoms with Crippen molar-refractivity contribution in [2.24, 2.45) is 5.92 Å². The van der Waals surface area contributed by atoms with Crippen LogP contribution in [0, 0.1) is 23.1 Å². The van der Waals surface area contributed by atoms with Gasteiger partial charge in [0.1, 0.15) is 0 Å². The number of ketones is 1. The first-order chi connectivity index (χ1) is 14.6. The van der Waals surface area contributed by atoms with Crippen molar-refractivity contribution in [3.8, 4) is 22.9 Å². The van der Waals surface area contributed by atoms with E-state index in [1.807, 2.05) is 37.3 Å². The van der Waals surface area contributed by atoms with Gasteiger partial charge in [-0.25, -0.2) is 4.39 Å². The summed E-state index contributed by atoms with van der Waals surface area (Å²) in [6.45, 7) is 3.35. The first kappa shape index (κ1) is 22.0. The fourth-order valence-corrected chi connectivity index (χ4v) is 3.80. The lowest BCUT2D eigenvalue weighted by Crippen LogP contribution is -2.41. The van der Waals surface area contributed by atoms with E-state index in [-0.39, 0.29) is 35.7 Å². The van der Waals surface area contributed by atoms with Crippen molar-refractivity contribution in [2.45, 2.75) is 51.5 Å². The van der Waals surface area contributed by atoms with Crippen molar-refractivity contribution in [3.63, 3.8) is 0 Å². The number of hydrogen-bond donors (Lipinski definition) is 1. The minimum absolute atomic E-state index is 0.101. The van der Waals surface area contributed by atoms with E-state index in [0.29, 0.717) is 13.0 Å². The minimum atomic E-state index is -0.371. The molecule has 5 heteroatoms. The van der Waals surface area contributed by atoms with Gasteiger partial charge in [0, 0.05) is 6.42 Å². The van der Waals surface area contributed by atoms with Crippen molar-refractivity contribution < 1.29 is 13.9 Å². The second-order valence-corrected chi connectivity index (χ2v) is 7.89. The Balaban J connectivity index is 1.61. The van der Waals surface area contributed by atoms with Crippen molar-refractivity contribution in [2.75, 3.05) is 13.2 Å². The number of carbonyl (C=O) groups excluding carboxylic acids is 1. The summed E-state index contributed by atoms with van der Waals surface area (Å²) < 4.78 is 19.6. The van der Waals surface area contributed by atoms with Crippen molar-refractivity contribution >= 4 is 5.78 Å². The first-order valence-corrected chi connectivity index (χ1v) is 10.8. The fraction of sp³-hybridized carbons (Fsp3) is 0.440. The monoisotopic (exact) mass is 408 g/mol. The highest BCUT2D eigenvalue weighted by Gasteiger charge is 2.23. The second kappa shape index (κ2) is 10.9. The molecule has 1 fully saturated rings. The van der Waals surface area contributed by atoms with Crippen LogP contribution in [-0.4, -0.2) is 25.0 Å². The molecule has 0 aromatic heterocycles. The average Bonchev–Trinajstić information content (AvgIpc) is 2.78. The Morgan fingerprint density at radius 3 is 2.63 bits per heavy atom. The number of benzene rings is 2. The third-order valence-corrected chi connectivity index (χ3v) is 5.49. The summed E-state index contributed by atoms with van der Waals surface area (Å²) in [5.74, 6) is -0.297. The zero-order valence-corrected chi connectivity index (χ0v) is 17.5. The molecule has 1 aliphatic rings. The first-order valence-electron chi connectivity index (χ1n) is 10.8. The van der Waals surface area contributed by atoms with Crippen LogP contribution in [0.1, 0.15) is 44.6 Å². The van der Waals surface area contributed by atoms with E-state index in [4.69, 9.17) is 4.74 Å². The molecule has 0 amide bonds. The maximum absolute atomic E-state index is 14.2. The largest absolute Gasteiger partial charge is 0.491 e. The number of halogens is 1. The molecule has 0 aliphatic carbocycles. The van der Waals surface area contributed by atoms with Gasteiger partial charge in [-0.2, -0.15) is 5.26 Å². The number of nitrogens with zero attached hydrogens (tertiary/aromatic N) is 1. The number of nitrogens with one attached hydrogen (secondary N) is 1. The van der Waals surface area contributed by atoms with Gasteiger partial charge in [-0.1, -0.05) is 43.7 Å². The van der Waals surface area contributed by atoms with Crippen LogP contribution in [0.5, 0.6) is 5.75 Å². The number of rotatable bonds is 9. The zero-order valence-electron chi connectivity index (χ0n) is 17.5. The standard InChI is InChI=1S/C25H29FN2O2/c1-2-13-30-25-11-10-21(16-22(25)26)20-8-6-18(7-9-20)14-19(17-27)15-24(29)23-5-3-4-12-28-23/h6-11,16,19,23,28H,2-5,12-15H2,1H3/t19-,23+/m1/s1. The molecule has 3 rings (SSSR count). The number of piperidine rings is 1. The van der Waals surface area contributed by atoms with Crippen LogP contribution < -0.4 is 10.1 Å². The second-order valence-electron chi connectivity index (χ2n) is 7.89. The smallest absolute Gasteiger partial charge is 0.165 e. The zero-order chi connectivity index (χ0) is 21.3. The number of carbonyl (C=O) groups is 1. The van der Waals surface area contributed by atoms with Crippen LogP contribution in [0.15, 0.2) is 42.5 Å². The summed E-state index contributed by atoms with van der Waals surface area (Å²) in [5.41, 5.74) is 2.67. The molecular formula is C25H29FN2O2. The van der Waals surface area contributed by atoms with Crippen LogP contribution >= 0.6 is 0 Å². The molecule has 2 aromatic carbocycles. The van der Waals surface area contributed by atoms with Crippen molar-refractivity contribution in [3.05, 3.63) is 53.8 Å². The molecule has 0 radical (unpaired) electrons. The van der Waals surface area contributed by atoms with Crippen LogP contribution in [-0.2, 0) is 11.2 Å². The Bertz CT molecular complexity index is 883. The summed E-state index contributed by atoms with van der Waals surface area (Å²) in [4.78, 5) is 12.5. The molecule has 1 N–H and O–H groups in total. The van der Waals surface area contributed by atoms with Gasteiger partial charge >= 0.3 is 0 Å². The van der Waals surface area contributed by atoms with Gasteiger partial charge in [-0.05, 0) is 61.1 Å². The lowest BCUT2D eigenvalue weighted by molar-refractivity contribution is -0.122. The summed E-state index contributed by atoms with van der Waals surface area (Å²) in [5, 5.41) is 12.8. The molecule has 2 atom stereocenters. The Morgan fingerprint density at radius 1 is 1.23 bits per heavy atom. The molecule has 1 heterocycles. The molecule has 0 saturated carbocycles. The normalized spacial score (nSPS) is 17.2. The van der Waals surface area contributed by atoms with Crippen LogP contribution in [0.2, 0.25) is 0 Å². The van der Waals surface area contributed by atoms with Crippen LogP contribution in [0.4, 0.5) is 4.39 Å². The molecule has 30 heavy (non-hydrogen) atoms. The summed E-state index contributed by atoms with van der Waals surface area (Å²) >= 11 is 0. The number of ether oxygens (including phenoxy) is 1. The topological polar surface area (TPSA) is 62.1 Å². The number of Topliss-reactive ketones (excluding diaryl/α,β-unsaturated/α-hetero) is 1. The van der Waals surface area contributed by atoms with Gasteiger partial charge in [0.15, 0.2) is 17.3 Å². The van der Waals surface area contributed by atoms with Gasteiger partial charge in [-0.3, -0.25) is 4.79 Å². The quantitative estimate of drug-likeness (QED) is 0.630. The van der Waals surface area contributed by atoms with E-state index in [1.54, 1.807) is 6.07 Å². The average molecular weight is 409 g/mol. The lowest BCUT2D eigenvalue weighted by atomic mass is 9.90. The van der Waals surface area contributed by atoms with E-state index in [0.717, 1.165) is 48.9 Å². The SMILES string of the molecule is CCCOc1ccc(-c2ccc(C[C@@H](C#N)CC(=O)[C@@H]3CCCCN3)cc2)cc1F. The van der Waals surface area contributed by atoms with Crippen molar-refractivity contribution in [1.29, 1.82) is 5.26 Å². The maximum atomic E-state index is 14.2. The predicted octanol–water partition coefficient (Wildman–Crippen LogP) is 5.07. The van der Waals surface area contributed by atoms with E-state index in [1.165, 1.54) is 6.07 Å². The molecule has 0 bridgehead atoms. The van der Waals surface area contributed by atoms with Gasteiger partial charge in [-0.15, -0.1) is 0 Å². The van der Waals surface area contributed by atoms with Gasteiger partial charge in [0.25, 0.3) is 0 Å². The highest BCUT2D eigenvalue weighted by molar-refractivity contribution is 5.84. The summed E-state index contributed by atoms with van der Waals surface area (Å²) in [7, 11) is 0. The molecule has 0 unspecified atom stereocenters. The summed E-state index contributed by atoms with van der Waals surface area (Å²) in [6.07, 6.45) is 4.68. The van der Waals surface area contributed by atoms with E-state index in [9.17, 15) is 14.4 Å². The Hall–Kier alpha value is -2.71. The summed E-state index contributed by atoms with van der Waals surface area (Å²) in [6, 6.07) is 14.9. The Kier molecular flexibility index (Phi) is 7.98. The third-order valence-electron chi connectivity index (χ3n) is 5.49. The lowest BCUT2D eigenvalue weighted by Gasteiger charge is -2.23. The van der Waals surface area contributed by atoms with E-state index in [2.05, 4.69) is 11.4 Å². The van der Waals surface area contributed by atoms with E-state index >= 15 is 0 Å². The maximum Gasteiger partial charge on any atom is 0.165 e. The van der Waals surface area contributed by atoms with Gasteiger partial charge in [0.05, 0.1) is 24.6 Å². The van der Waals surface area contributed by atoms with Gasteiger partial charge in [0.2, 0.25) is 0 Å². The number of nitriles is 1. The van der Waals surface area contributed by atoms with Crippen LogP contribution in [0.25, 0.3) is 11.1 Å². The molecule has 1 saturated heterocycles.